The molecule has 2 N–H and O–H groups in total. The molecule has 1 aliphatic heterocycles. The van der Waals surface area contributed by atoms with Crippen molar-refractivity contribution in [1.82, 2.24) is 4.90 Å². The van der Waals surface area contributed by atoms with Crippen LogP contribution in [0.3, 0.4) is 0 Å². The molecule has 0 saturated carbocycles. The van der Waals surface area contributed by atoms with Gasteiger partial charge in [0, 0.05) is 16.3 Å². The first-order chi connectivity index (χ1) is 14.3. The highest BCUT2D eigenvalue weighted by Crippen LogP contribution is 2.34. The van der Waals surface area contributed by atoms with Gasteiger partial charge >= 0.3 is 5.97 Å². The number of thioether (sulfide) groups is 1. The Balaban J connectivity index is 1.72. The molecule has 1 saturated heterocycles. The number of imide groups is 1. The van der Waals surface area contributed by atoms with Crippen LogP contribution in [-0.4, -0.2) is 46.2 Å². The number of carboxylic acid groups (broad SMARTS) is 1. The summed E-state index contributed by atoms with van der Waals surface area (Å²) in [5.74, 6) is -2.06. The fourth-order valence-corrected chi connectivity index (χ4v) is 3.58. The van der Waals surface area contributed by atoms with Gasteiger partial charge in [-0.15, -0.1) is 0 Å². The first-order valence-corrected chi connectivity index (χ1v) is 9.77. The number of hydrogen-bond acceptors (Lipinski definition) is 6. The second kappa shape index (κ2) is 9.47. The number of para-hydroxylation sites is 1. The maximum atomic E-state index is 12.6. The molecule has 1 heterocycles. The van der Waals surface area contributed by atoms with Crippen molar-refractivity contribution in [3.8, 4) is 5.75 Å². The van der Waals surface area contributed by atoms with Crippen molar-refractivity contribution in [2.75, 3.05) is 18.5 Å². The van der Waals surface area contributed by atoms with E-state index in [0.717, 1.165) is 4.90 Å². The molecule has 2 aromatic rings. The van der Waals surface area contributed by atoms with Gasteiger partial charge in [-0.25, -0.2) is 4.79 Å². The fourth-order valence-electron chi connectivity index (χ4n) is 2.56. The lowest BCUT2D eigenvalue weighted by Crippen LogP contribution is -2.36. The number of rotatable bonds is 7. The van der Waals surface area contributed by atoms with Crippen LogP contribution in [0.25, 0.3) is 6.08 Å². The zero-order chi connectivity index (χ0) is 21.7. The number of carboxylic acids is 1. The molecule has 3 rings (SSSR count). The molecule has 154 valence electrons. The molecular weight excluding hydrogens is 432 g/mol. The van der Waals surface area contributed by atoms with Gasteiger partial charge in [0.15, 0.2) is 6.61 Å². The number of amides is 3. The van der Waals surface area contributed by atoms with E-state index in [0.29, 0.717) is 28.0 Å². The van der Waals surface area contributed by atoms with Crippen molar-refractivity contribution >= 4 is 58.1 Å². The van der Waals surface area contributed by atoms with Crippen molar-refractivity contribution in [1.29, 1.82) is 0 Å². The Bertz CT molecular complexity index is 1060. The van der Waals surface area contributed by atoms with Gasteiger partial charge in [0.25, 0.3) is 11.1 Å². The third kappa shape index (κ3) is 5.40. The maximum absolute atomic E-state index is 12.6. The number of hydrogen-bond donors (Lipinski definition) is 2. The van der Waals surface area contributed by atoms with Crippen LogP contribution >= 0.6 is 23.4 Å². The first-order valence-electron chi connectivity index (χ1n) is 8.58. The second-order valence-electron chi connectivity index (χ2n) is 6.05. The lowest BCUT2D eigenvalue weighted by molar-refractivity contribution is -0.139. The zero-order valence-electron chi connectivity index (χ0n) is 15.3. The Hall–Kier alpha value is -3.30. The Morgan fingerprint density at radius 1 is 1.17 bits per heavy atom. The number of carbonyl (C=O) groups is 4. The van der Waals surface area contributed by atoms with Crippen molar-refractivity contribution in [3.05, 3.63) is 64.0 Å². The van der Waals surface area contributed by atoms with Crippen LogP contribution in [0.4, 0.5) is 10.5 Å². The zero-order valence-corrected chi connectivity index (χ0v) is 16.9. The van der Waals surface area contributed by atoms with Crippen LogP contribution in [0.1, 0.15) is 5.56 Å². The fraction of sp³-hybridized carbons (Fsp3) is 0.100. The minimum Gasteiger partial charge on any atom is -0.481 e. The molecule has 0 atom stereocenters. The van der Waals surface area contributed by atoms with Gasteiger partial charge in [-0.3, -0.25) is 19.3 Å². The summed E-state index contributed by atoms with van der Waals surface area (Å²) in [5.41, 5.74) is 0.882. The minimum absolute atomic E-state index is 0.0990. The van der Waals surface area contributed by atoms with Crippen molar-refractivity contribution in [3.63, 3.8) is 0 Å². The van der Waals surface area contributed by atoms with Crippen molar-refractivity contribution in [2.24, 2.45) is 0 Å². The van der Waals surface area contributed by atoms with E-state index in [2.05, 4.69) is 5.32 Å². The summed E-state index contributed by atoms with van der Waals surface area (Å²) in [6.45, 7) is -0.998. The molecule has 8 nitrogen and oxygen atoms in total. The van der Waals surface area contributed by atoms with E-state index >= 15 is 0 Å². The quantitative estimate of drug-likeness (QED) is 0.626. The van der Waals surface area contributed by atoms with Crippen LogP contribution in [0, 0.1) is 0 Å². The summed E-state index contributed by atoms with van der Waals surface area (Å²) >= 11 is 6.56. The van der Waals surface area contributed by atoms with E-state index < -0.39 is 36.2 Å². The first kappa shape index (κ1) is 21.4. The number of carbonyl (C=O) groups excluding carboxylic acids is 3. The number of halogens is 1. The highest BCUT2D eigenvalue weighted by Gasteiger charge is 2.36. The summed E-state index contributed by atoms with van der Waals surface area (Å²) in [6, 6.07) is 13.0. The molecule has 1 fully saturated rings. The molecule has 3 amide bonds. The lowest BCUT2D eigenvalue weighted by Gasteiger charge is -2.12. The second-order valence-corrected chi connectivity index (χ2v) is 7.48. The van der Waals surface area contributed by atoms with E-state index in [1.165, 1.54) is 6.08 Å². The summed E-state index contributed by atoms with van der Waals surface area (Å²) < 4.78 is 5.20. The van der Waals surface area contributed by atoms with Crippen LogP contribution in [0.2, 0.25) is 5.02 Å². The van der Waals surface area contributed by atoms with Gasteiger partial charge in [-0.05, 0) is 42.1 Å². The Morgan fingerprint density at radius 2 is 1.93 bits per heavy atom. The van der Waals surface area contributed by atoms with Gasteiger partial charge < -0.3 is 15.2 Å². The Labute approximate surface area is 180 Å². The SMILES string of the molecule is O=C(O)COc1ccccc1/C=C1/SC(=O)N(CC(=O)Nc2cccc(Cl)c2)C1=O. The number of ether oxygens (including phenoxy) is 1. The van der Waals surface area contributed by atoms with Crippen molar-refractivity contribution in [2.45, 2.75) is 0 Å². The molecule has 10 heteroatoms. The van der Waals surface area contributed by atoms with Crippen LogP contribution < -0.4 is 10.1 Å². The van der Waals surface area contributed by atoms with E-state index in [9.17, 15) is 19.2 Å². The number of nitrogens with zero attached hydrogens (tertiary/aromatic N) is 1. The van der Waals surface area contributed by atoms with Gasteiger partial charge in [0.05, 0.1) is 4.91 Å². The maximum Gasteiger partial charge on any atom is 0.341 e. The molecule has 1 aliphatic rings. The van der Waals surface area contributed by atoms with E-state index in [1.54, 1.807) is 48.5 Å². The van der Waals surface area contributed by atoms with E-state index in [4.69, 9.17) is 21.4 Å². The molecule has 0 spiro atoms. The number of benzene rings is 2. The van der Waals surface area contributed by atoms with Gasteiger partial charge in [-0.1, -0.05) is 35.9 Å². The normalized spacial score (nSPS) is 14.8. The third-order valence-corrected chi connectivity index (χ3v) is 4.98. The van der Waals surface area contributed by atoms with Crippen LogP contribution in [-0.2, 0) is 14.4 Å². The Morgan fingerprint density at radius 3 is 2.67 bits per heavy atom. The van der Waals surface area contributed by atoms with Gasteiger partial charge in [-0.2, -0.15) is 0 Å². The molecule has 0 radical (unpaired) electrons. The van der Waals surface area contributed by atoms with Crippen LogP contribution in [0.5, 0.6) is 5.75 Å². The number of anilines is 1. The van der Waals surface area contributed by atoms with Crippen molar-refractivity contribution < 1.29 is 29.0 Å². The van der Waals surface area contributed by atoms with Gasteiger partial charge in [0.1, 0.15) is 12.3 Å². The summed E-state index contributed by atoms with van der Waals surface area (Å²) in [7, 11) is 0. The Kier molecular flexibility index (Phi) is 6.76. The molecule has 2 aromatic carbocycles. The molecule has 30 heavy (non-hydrogen) atoms. The summed E-state index contributed by atoms with van der Waals surface area (Å²) in [4.78, 5) is 48.8. The molecule has 0 unspecified atom stereocenters. The topological polar surface area (TPSA) is 113 Å². The average molecular weight is 447 g/mol. The summed E-state index contributed by atoms with van der Waals surface area (Å²) in [5, 5.41) is 11.2. The highest BCUT2D eigenvalue weighted by molar-refractivity contribution is 8.18. The predicted molar refractivity (Wildman–Crippen MR) is 112 cm³/mol. The smallest absolute Gasteiger partial charge is 0.341 e. The molecule has 0 aliphatic carbocycles. The van der Waals surface area contributed by atoms with E-state index in [-0.39, 0.29) is 10.7 Å². The largest absolute Gasteiger partial charge is 0.481 e. The minimum atomic E-state index is -1.14. The van der Waals surface area contributed by atoms with Gasteiger partial charge in [0.2, 0.25) is 5.91 Å². The van der Waals surface area contributed by atoms with E-state index in [1.807, 2.05) is 0 Å². The number of aliphatic carboxylic acids is 1. The highest BCUT2D eigenvalue weighted by atomic mass is 35.5. The standard InChI is InChI=1S/C20H15ClN2O6S/c21-13-5-3-6-14(9-13)22-17(24)10-23-19(27)16(30-20(23)28)8-12-4-1-2-7-15(12)29-11-18(25)26/h1-9H,10-11H2,(H,22,24)(H,25,26)/b16-8+. The lowest BCUT2D eigenvalue weighted by atomic mass is 10.2. The number of nitrogens with one attached hydrogen (secondary N) is 1. The molecule has 0 aromatic heterocycles. The third-order valence-electron chi connectivity index (χ3n) is 3.84. The predicted octanol–water partition coefficient (Wildman–Crippen LogP) is 3.48. The van der Waals surface area contributed by atoms with Crippen LogP contribution in [0.15, 0.2) is 53.4 Å². The molecule has 0 bridgehead atoms. The molecular formula is C20H15ClN2O6S. The average Bonchev–Trinajstić information content (AvgIpc) is 2.94. The monoisotopic (exact) mass is 446 g/mol. The summed E-state index contributed by atoms with van der Waals surface area (Å²) in [6.07, 6.45) is 1.43.